The Hall–Kier alpha value is -2.35. The van der Waals surface area contributed by atoms with Crippen LogP contribution in [0.1, 0.15) is 16.2 Å². The molecular formula is C14H15N3O4S. The maximum Gasteiger partial charge on any atom is 0.313 e. The average Bonchev–Trinajstić information content (AvgIpc) is 2.93. The van der Waals surface area contributed by atoms with Gasteiger partial charge in [0.1, 0.15) is 0 Å². The molecule has 22 heavy (non-hydrogen) atoms. The first-order valence-electron chi connectivity index (χ1n) is 6.55. The van der Waals surface area contributed by atoms with E-state index in [1.807, 2.05) is 0 Å². The minimum Gasteiger partial charge on any atom is -0.481 e. The van der Waals surface area contributed by atoms with Crippen molar-refractivity contribution in [1.29, 1.82) is 0 Å². The fourth-order valence-electron chi connectivity index (χ4n) is 1.77. The van der Waals surface area contributed by atoms with Gasteiger partial charge in [-0.15, -0.1) is 11.8 Å². The maximum absolute atomic E-state index is 12.2. The lowest BCUT2D eigenvalue weighted by molar-refractivity contribution is -0.133. The van der Waals surface area contributed by atoms with Crippen LogP contribution in [0.2, 0.25) is 0 Å². The smallest absolute Gasteiger partial charge is 0.313 e. The fraction of sp³-hybridized carbons (Fsp3) is 0.286. The van der Waals surface area contributed by atoms with Gasteiger partial charge in [-0.05, 0) is 19.1 Å². The van der Waals surface area contributed by atoms with E-state index >= 15 is 0 Å². The molecule has 2 N–H and O–H groups in total. The van der Waals surface area contributed by atoms with Crippen molar-refractivity contribution in [2.45, 2.75) is 6.92 Å². The highest BCUT2D eigenvalue weighted by Gasteiger charge is 2.16. The summed E-state index contributed by atoms with van der Waals surface area (Å²) in [4.78, 5) is 26.7. The molecule has 2 aromatic rings. The van der Waals surface area contributed by atoms with E-state index in [4.69, 9.17) is 9.63 Å². The highest BCUT2D eigenvalue weighted by molar-refractivity contribution is 7.99. The van der Waals surface area contributed by atoms with E-state index < -0.39 is 5.97 Å². The summed E-state index contributed by atoms with van der Waals surface area (Å²) in [6, 6.07) is 6.95. The van der Waals surface area contributed by atoms with Crippen LogP contribution in [0.25, 0.3) is 11.5 Å². The third-order valence-electron chi connectivity index (χ3n) is 2.69. The SMILES string of the molecule is Cc1noc(-c2ccccc2C(=O)NCCSCC(=O)O)n1. The number of carboxylic acid groups (broad SMARTS) is 1. The molecule has 1 amide bonds. The quantitative estimate of drug-likeness (QED) is 0.746. The zero-order valence-electron chi connectivity index (χ0n) is 11.9. The van der Waals surface area contributed by atoms with Crippen LogP contribution in [0.3, 0.4) is 0 Å². The van der Waals surface area contributed by atoms with E-state index in [0.29, 0.717) is 35.1 Å². The lowest BCUT2D eigenvalue weighted by Crippen LogP contribution is -2.26. The summed E-state index contributed by atoms with van der Waals surface area (Å²) in [5.41, 5.74) is 1.01. The van der Waals surface area contributed by atoms with Gasteiger partial charge in [-0.3, -0.25) is 9.59 Å². The van der Waals surface area contributed by atoms with E-state index in [0.717, 1.165) is 0 Å². The number of carbonyl (C=O) groups excluding carboxylic acids is 1. The molecule has 0 saturated heterocycles. The molecule has 2 rings (SSSR count). The molecule has 0 saturated carbocycles. The van der Waals surface area contributed by atoms with Crippen molar-refractivity contribution in [3.05, 3.63) is 35.7 Å². The number of hydrogen-bond acceptors (Lipinski definition) is 6. The Kier molecular flexibility index (Phi) is 5.54. The molecule has 0 unspecified atom stereocenters. The zero-order chi connectivity index (χ0) is 15.9. The van der Waals surface area contributed by atoms with Crippen molar-refractivity contribution in [1.82, 2.24) is 15.5 Å². The monoisotopic (exact) mass is 321 g/mol. The van der Waals surface area contributed by atoms with Crippen molar-refractivity contribution in [3.63, 3.8) is 0 Å². The van der Waals surface area contributed by atoms with E-state index in [-0.39, 0.29) is 11.7 Å². The van der Waals surface area contributed by atoms with Crippen LogP contribution in [-0.2, 0) is 4.79 Å². The number of nitrogens with one attached hydrogen (secondary N) is 1. The molecular weight excluding hydrogens is 306 g/mol. The number of aryl methyl sites for hydroxylation is 1. The Morgan fingerprint density at radius 1 is 1.36 bits per heavy atom. The molecule has 0 aliphatic rings. The van der Waals surface area contributed by atoms with Gasteiger partial charge in [-0.25, -0.2) is 0 Å². The van der Waals surface area contributed by atoms with E-state index in [2.05, 4.69) is 15.5 Å². The predicted octanol–water partition coefficient (Wildman–Crippen LogP) is 1.59. The van der Waals surface area contributed by atoms with Gasteiger partial charge in [0.05, 0.1) is 16.9 Å². The normalized spacial score (nSPS) is 10.4. The summed E-state index contributed by atoms with van der Waals surface area (Å²) in [5, 5.41) is 15.0. The van der Waals surface area contributed by atoms with Gasteiger partial charge in [0, 0.05) is 12.3 Å². The molecule has 0 atom stereocenters. The van der Waals surface area contributed by atoms with E-state index in [1.54, 1.807) is 31.2 Å². The van der Waals surface area contributed by atoms with Crippen molar-refractivity contribution < 1.29 is 19.2 Å². The Bertz CT molecular complexity index is 672. The van der Waals surface area contributed by atoms with Crippen molar-refractivity contribution in [2.24, 2.45) is 0 Å². The summed E-state index contributed by atoms with van der Waals surface area (Å²) in [5.74, 6) is 0.211. The molecule has 0 aliphatic heterocycles. The summed E-state index contributed by atoms with van der Waals surface area (Å²) < 4.78 is 5.10. The number of thioether (sulfide) groups is 1. The van der Waals surface area contributed by atoms with E-state index in [1.165, 1.54) is 11.8 Å². The van der Waals surface area contributed by atoms with Gasteiger partial charge in [-0.1, -0.05) is 17.3 Å². The van der Waals surface area contributed by atoms with Crippen LogP contribution >= 0.6 is 11.8 Å². The van der Waals surface area contributed by atoms with Crippen LogP contribution in [0.4, 0.5) is 0 Å². The van der Waals surface area contributed by atoms with Crippen molar-refractivity contribution in [3.8, 4) is 11.5 Å². The largest absolute Gasteiger partial charge is 0.481 e. The Labute approximate surface area is 131 Å². The molecule has 8 heteroatoms. The van der Waals surface area contributed by atoms with Gasteiger partial charge in [0.25, 0.3) is 11.8 Å². The standard InChI is InChI=1S/C14H15N3O4S/c1-9-16-14(21-17-9)11-5-3-2-4-10(11)13(20)15-6-7-22-8-12(18)19/h2-5H,6-8H2,1H3,(H,15,20)(H,18,19). The minimum absolute atomic E-state index is 0.0215. The molecule has 1 aromatic heterocycles. The minimum atomic E-state index is -0.867. The van der Waals surface area contributed by atoms with E-state index in [9.17, 15) is 9.59 Å². The molecule has 0 fully saturated rings. The number of benzene rings is 1. The molecule has 0 radical (unpaired) electrons. The second-order valence-corrected chi connectivity index (χ2v) is 5.50. The Balaban J connectivity index is 2.00. The number of rotatable bonds is 7. The van der Waals surface area contributed by atoms with Gasteiger partial charge in [0.15, 0.2) is 5.82 Å². The van der Waals surface area contributed by atoms with Gasteiger partial charge >= 0.3 is 5.97 Å². The van der Waals surface area contributed by atoms with Crippen LogP contribution in [-0.4, -0.2) is 45.2 Å². The number of amides is 1. The molecule has 1 heterocycles. The predicted molar refractivity (Wildman–Crippen MR) is 81.8 cm³/mol. The fourth-order valence-corrected chi connectivity index (χ4v) is 2.33. The summed E-state index contributed by atoms with van der Waals surface area (Å²) in [6.45, 7) is 2.09. The van der Waals surface area contributed by atoms with Crippen LogP contribution in [0, 0.1) is 6.92 Å². The molecule has 7 nitrogen and oxygen atoms in total. The summed E-state index contributed by atoms with van der Waals surface area (Å²) in [7, 11) is 0. The molecule has 1 aromatic carbocycles. The number of aliphatic carboxylic acids is 1. The number of carbonyl (C=O) groups is 2. The van der Waals surface area contributed by atoms with Crippen LogP contribution in [0.15, 0.2) is 28.8 Å². The van der Waals surface area contributed by atoms with Crippen molar-refractivity contribution in [2.75, 3.05) is 18.1 Å². The second kappa shape index (κ2) is 7.60. The number of aromatic nitrogens is 2. The van der Waals surface area contributed by atoms with Crippen LogP contribution < -0.4 is 5.32 Å². The van der Waals surface area contributed by atoms with Crippen molar-refractivity contribution >= 4 is 23.6 Å². The van der Waals surface area contributed by atoms with Crippen LogP contribution in [0.5, 0.6) is 0 Å². The third-order valence-corrected chi connectivity index (χ3v) is 3.63. The highest BCUT2D eigenvalue weighted by atomic mass is 32.2. The Morgan fingerprint density at radius 2 is 2.14 bits per heavy atom. The molecule has 0 aliphatic carbocycles. The first-order valence-corrected chi connectivity index (χ1v) is 7.71. The second-order valence-electron chi connectivity index (χ2n) is 4.39. The number of nitrogens with zero attached hydrogens (tertiary/aromatic N) is 2. The third kappa shape index (κ3) is 4.32. The average molecular weight is 321 g/mol. The summed E-state index contributed by atoms with van der Waals surface area (Å²) in [6.07, 6.45) is 0. The first kappa shape index (κ1) is 16.0. The Morgan fingerprint density at radius 3 is 2.82 bits per heavy atom. The lowest BCUT2D eigenvalue weighted by atomic mass is 10.1. The molecule has 0 bridgehead atoms. The van der Waals surface area contributed by atoms with Gasteiger partial charge < -0.3 is 14.9 Å². The maximum atomic E-state index is 12.2. The summed E-state index contributed by atoms with van der Waals surface area (Å²) >= 11 is 1.25. The number of carboxylic acids is 1. The molecule has 116 valence electrons. The zero-order valence-corrected chi connectivity index (χ0v) is 12.7. The van der Waals surface area contributed by atoms with Gasteiger partial charge in [-0.2, -0.15) is 4.98 Å². The number of hydrogen-bond donors (Lipinski definition) is 2. The first-order chi connectivity index (χ1) is 10.6. The van der Waals surface area contributed by atoms with Gasteiger partial charge in [0.2, 0.25) is 0 Å². The molecule has 0 spiro atoms. The lowest BCUT2D eigenvalue weighted by Gasteiger charge is -2.07. The highest BCUT2D eigenvalue weighted by Crippen LogP contribution is 2.21. The topological polar surface area (TPSA) is 105 Å².